The van der Waals surface area contributed by atoms with Gasteiger partial charge in [-0.15, -0.1) is 0 Å². The number of rotatable bonds is 36. The van der Waals surface area contributed by atoms with Crippen LogP contribution in [0.4, 0.5) is 21.0 Å². The van der Waals surface area contributed by atoms with Gasteiger partial charge in [-0.2, -0.15) is 0 Å². The Balaban J connectivity index is 1.98. The lowest BCUT2D eigenvalue weighted by Crippen LogP contribution is -2.23. The maximum atomic E-state index is 12.2. The van der Waals surface area contributed by atoms with Gasteiger partial charge >= 0.3 is 12.2 Å². The number of nitrogens with one attached hydrogen (secondary N) is 2. The molecule has 0 aliphatic carbocycles. The van der Waals surface area contributed by atoms with E-state index in [2.05, 4.69) is 48.4 Å². The number of hydrogen-bond donors (Lipinski definition) is 2. The van der Waals surface area contributed by atoms with Crippen molar-refractivity contribution in [1.82, 2.24) is 9.80 Å². The molecule has 0 unspecified atom stereocenters. The quantitative estimate of drug-likeness (QED) is 0.0669. The lowest BCUT2D eigenvalue weighted by Gasteiger charge is -2.16. The third-order valence-electron chi connectivity index (χ3n) is 10.00. The summed E-state index contributed by atoms with van der Waals surface area (Å²) in [5.41, 5.74) is 1.23. The summed E-state index contributed by atoms with van der Waals surface area (Å²) < 4.78 is 10.7. The van der Waals surface area contributed by atoms with Gasteiger partial charge in [0.25, 0.3) is 0 Å². The zero-order chi connectivity index (χ0) is 37.7. The van der Waals surface area contributed by atoms with E-state index in [1.165, 1.54) is 154 Å². The van der Waals surface area contributed by atoms with E-state index in [4.69, 9.17) is 9.47 Å². The Morgan fingerprint density at radius 1 is 0.423 bits per heavy atom. The largest absolute Gasteiger partial charge is 0.449 e. The second-order valence-electron chi connectivity index (χ2n) is 15.2. The fraction of sp³-hybridized carbons (Fsp3) is 0.818. The van der Waals surface area contributed by atoms with Gasteiger partial charge in [0.05, 0.1) is 13.2 Å². The summed E-state index contributed by atoms with van der Waals surface area (Å²) in [4.78, 5) is 29.1. The van der Waals surface area contributed by atoms with Crippen molar-refractivity contribution >= 4 is 23.6 Å². The molecule has 2 N–H and O–H groups in total. The first-order chi connectivity index (χ1) is 25.4. The highest BCUT2D eigenvalue weighted by atomic mass is 16.6. The molecule has 0 spiro atoms. The molecule has 0 fully saturated rings. The van der Waals surface area contributed by atoms with Gasteiger partial charge in [-0.1, -0.05) is 155 Å². The first-order valence-electron chi connectivity index (χ1n) is 21.8. The van der Waals surface area contributed by atoms with Crippen molar-refractivity contribution in [2.75, 3.05) is 64.1 Å². The Morgan fingerprint density at radius 2 is 0.673 bits per heavy atom. The SMILES string of the molecule is CCCCCCCCCCCCCCN(C)CCCOC(=O)Nc1ccc(NC(=O)OCCCN(C)CCCCCCCCCCCCCC)cc1. The van der Waals surface area contributed by atoms with Gasteiger partial charge in [-0.3, -0.25) is 10.6 Å². The van der Waals surface area contributed by atoms with Gasteiger partial charge in [-0.05, 0) is 77.1 Å². The van der Waals surface area contributed by atoms with Crippen molar-refractivity contribution in [2.24, 2.45) is 0 Å². The lowest BCUT2D eigenvalue weighted by molar-refractivity contribution is 0.153. The molecule has 0 saturated carbocycles. The Bertz CT molecular complexity index is 870. The van der Waals surface area contributed by atoms with Crippen LogP contribution in [-0.4, -0.2) is 75.5 Å². The van der Waals surface area contributed by atoms with Crippen molar-refractivity contribution in [3.05, 3.63) is 24.3 Å². The zero-order valence-corrected chi connectivity index (χ0v) is 34.5. The van der Waals surface area contributed by atoms with Gasteiger partial charge in [0, 0.05) is 24.5 Å². The third kappa shape index (κ3) is 31.2. The molecule has 0 saturated heterocycles. The average Bonchev–Trinajstić information content (AvgIpc) is 3.13. The van der Waals surface area contributed by atoms with Crippen molar-refractivity contribution in [3.8, 4) is 0 Å². The molecule has 0 aliphatic rings. The van der Waals surface area contributed by atoms with E-state index in [9.17, 15) is 9.59 Å². The van der Waals surface area contributed by atoms with Crippen LogP contribution in [0, 0.1) is 0 Å². The van der Waals surface area contributed by atoms with Crippen LogP contribution in [0.3, 0.4) is 0 Å². The molecule has 8 heteroatoms. The maximum absolute atomic E-state index is 12.2. The number of carbonyl (C=O) groups is 2. The first kappa shape index (κ1) is 47.7. The number of ether oxygens (including phenoxy) is 2. The second kappa shape index (κ2) is 35.7. The Kier molecular flexibility index (Phi) is 32.7. The predicted molar refractivity (Wildman–Crippen MR) is 223 cm³/mol. The van der Waals surface area contributed by atoms with Crippen LogP contribution in [0.25, 0.3) is 0 Å². The molecule has 0 aromatic heterocycles. The number of hydrogen-bond acceptors (Lipinski definition) is 6. The fourth-order valence-corrected chi connectivity index (χ4v) is 6.61. The van der Waals surface area contributed by atoms with E-state index in [0.717, 1.165) is 39.0 Å². The highest BCUT2D eigenvalue weighted by molar-refractivity contribution is 5.87. The molecular weight excluding hydrogens is 649 g/mol. The molecule has 0 heterocycles. The molecule has 1 aromatic carbocycles. The molecule has 1 aromatic rings. The Hall–Kier alpha value is -2.32. The van der Waals surface area contributed by atoms with E-state index in [1.54, 1.807) is 24.3 Å². The molecule has 8 nitrogen and oxygen atoms in total. The van der Waals surface area contributed by atoms with Crippen LogP contribution >= 0.6 is 0 Å². The topological polar surface area (TPSA) is 83.1 Å². The van der Waals surface area contributed by atoms with Crippen molar-refractivity contribution in [1.29, 1.82) is 0 Å². The predicted octanol–water partition coefficient (Wildman–Crippen LogP) is 12.8. The minimum Gasteiger partial charge on any atom is -0.449 e. The van der Waals surface area contributed by atoms with E-state index < -0.39 is 12.2 Å². The minimum absolute atomic E-state index is 0.384. The number of benzene rings is 1. The van der Waals surface area contributed by atoms with E-state index in [0.29, 0.717) is 24.6 Å². The summed E-state index contributed by atoms with van der Waals surface area (Å²) in [5, 5.41) is 5.51. The van der Waals surface area contributed by atoms with Crippen molar-refractivity contribution in [3.63, 3.8) is 0 Å². The van der Waals surface area contributed by atoms with Crippen molar-refractivity contribution in [2.45, 2.75) is 181 Å². The molecule has 0 atom stereocenters. The standard InChI is InChI=1S/C44H82N4O4/c1-5-7-9-11-13-15-17-19-21-23-25-27-35-47(3)37-29-39-51-43(49)45-41-31-33-42(34-32-41)46-44(50)52-40-30-38-48(4)36-28-26-24-22-20-18-16-14-12-10-8-6-2/h31-34H,5-30,35-40H2,1-4H3,(H,45,49)(H,46,50). The number of carbonyl (C=O) groups excluding carboxylic acids is 2. The molecule has 0 aliphatic heterocycles. The number of amides is 2. The summed E-state index contributed by atoms with van der Waals surface area (Å²) in [6.45, 7) is 9.33. The molecule has 52 heavy (non-hydrogen) atoms. The van der Waals surface area contributed by atoms with Crippen LogP contribution < -0.4 is 10.6 Å². The molecule has 1 rings (SSSR count). The smallest absolute Gasteiger partial charge is 0.411 e. The van der Waals surface area contributed by atoms with Gasteiger partial charge in [0.1, 0.15) is 0 Å². The van der Waals surface area contributed by atoms with Crippen LogP contribution in [-0.2, 0) is 9.47 Å². The van der Waals surface area contributed by atoms with E-state index in [1.807, 2.05) is 0 Å². The van der Waals surface area contributed by atoms with Crippen LogP contribution in [0.1, 0.15) is 181 Å². The lowest BCUT2D eigenvalue weighted by atomic mass is 10.1. The van der Waals surface area contributed by atoms with E-state index in [-0.39, 0.29) is 0 Å². The average molecular weight is 731 g/mol. The van der Waals surface area contributed by atoms with Crippen LogP contribution in [0.2, 0.25) is 0 Å². The normalized spacial score (nSPS) is 11.3. The summed E-state index contributed by atoms with van der Waals surface area (Å²) >= 11 is 0. The molecule has 0 radical (unpaired) electrons. The maximum Gasteiger partial charge on any atom is 0.411 e. The second-order valence-corrected chi connectivity index (χ2v) is 15.2. The fourth-order valence-electron chi connectivity index (χ4n) is 6.61. The van der Waals surface area contributed by atoms with Gasteiger partial charge in [0.2, 0.25) is 0 Å². The molecule has 2 amide bonds. The molecule has 0 bridgehead atoms. The Labute approximate surface area is 320 Å². The highest BCUT2D eigenvalue weighted by Gasteiger charge is 2.07. The highest BCUT2D eigenvalue weighted by Crippen LogP contribution is 2.16. The van der Waals surface area contributed by atoms with E-state index >= 15 is 0 Å². The third-order valence-corrected chi connectivity index (χ3v) is 10.00. The number of nitrogens with zero attached hydrogens (tertiary/aromatic N) is 2. The Morgan fingerprint density at radius 3 is 0.962 bits per heavy atom. The summed E-state index contributed by atoms with van der Waals surface area (Å²) in [6.07, 6.45) is 33.5. The minimum atomic E-state index is -0.465. The first-order valence-corrected chi connectivity index (χ1v) is 21.8. The number of unbranched alkanes of at least 4 members (excludes halogenated alkanes) is 22. The summed E-state index contributed by atoms with van der Waals surface area (Å²) in [6, 6.07) is 6.96. The van der Waals surface area contributed by atoms with Gasteiger partial charge in [-0.25, -0.2) is 9.59 Å². The van der Waals surface area contributed by atoms with Gasteiger partial charge in [0.15, 0.2) is 0 Å². The molecule has 302 valence electrons. The van der Waals surface area contributed by atoms with Crippen molar-refractivity contribution < 1.29 is 19.1 Å². The summed E-state index contributed by atoms with van der Waals surface area (Å²) in [5.74, 6) is 0. The number of anilines is 2. The van der Waals surface area contributed by atoms with Crippen LogP contribution in [0.5, 0.6) is 0 Å². The van der Waals surface area contributed by atoms with Gasteiger partial charge < -0.3 is 19.3 Å². The van der Waals surface area contributed by atoms with Crippen LogP contribution in [0.15, 0.2) is 24.3 Å². The molecular formula is C44H82N4O4. The summed E-state index contributed by atoms with van der Waals surface area (Å²) in [7, 11) is 4.29. The zero-order valence-electron chi connectivity index (χ0n) is 34.5. The monoisotopic (exact) mass is 731 g/mol.